The lowest BCUT2D eigenvalue weighted by atomic mass is 10.0. The molecule has 4 N–H and O–H groups in total. The summed E-state index contributed by atoms with van der Waals surface area (Å²) in [6, 6.07) is 15.0. The van der Waals surface area contributed by atoms with Gasteiger partial charge in [-0.25, -0.2) is 18.2 Å². The number of imide groups is 1. The molecule has 0 aromatic heterocycles. The van der Waals surface area contributed by atoms with E-state index in [-0.39, 0.29) is 10.8 Å². The topological polar surface area (TPSA) is 146 Å². The van der Waals surface area contributed by atoms with Gasteiger partial charge < -0.3 is 15.4 Å². The maximum Gasteiger partial charge on any atom is 0.336 e. The van der Waals surface area contributed by atoms with Crippen LogP contribution in [-0.4, -0.2) is 69.7 Å². The first-order valence-electron chi connectivity index (χ1n) is 13.7. The van der Waals surface area contributed by atoms with Gasteiger partial charge in [-0.1, -0.05) is 62.4 Å². The molecule has 222 valence electrons. The van der Waals surface area contributed by atoms with Crippen molar-refractivity contribution in [2.24, 2.45) is 5.92 Å². The maximum absolute atomic E-state index is 13.4. The molecule has 0 spiro atoms. The van der Waals surface area contributed by atoms with Gasteiger partial charge in [0, 0.05) is 19.3 Å². The second-order valence-corrected chi connectivity index (χ2v) is 12.0. The molecule has 1 aliphatic rings. The molecule has 0 bridgehead atoms. The maximum atomic E-state index is 13.4. The Kier molecular flexibility index (Phi) is 12.3. The van der Waals surface area contributed by atoms with Crippen LogP contribution in [-0.2, 0) is 30.6 Å². The van der Waals surface area contributed by atoms with Gasteiger partial charge in [-0.3, -0.25) is 20.3 Å². The van der Waals surface area contributed by atoms with Gasteiger partial charge in [0.05, 0.1) is 23.5 Å². The number of carbonyl (C=O) groups is 3. The number of hydrogen-bond acceptors (Lipinski definition) is 8. The minimum Gasteiger partial charge on any atom is -0.379 e. The molecule has 0 radical (unpaired) electrons. The van der Waals surface area contributed by atoms with E-state index in [0.29, 0.717) is 45.6 Å². The Bertz CT molecular complexity index is 1270. The number of amides is 4. The van der Waals surface area contributed by atoms with Crippen molar-refractivity contribution in [2.75, 3.05) is 26.3 Å². The van der Waals surface area contributed by atoms with E-state index >= 15 is 0 Å². The first kappa shape index (κ1) is 31.8. The Hall–Kier alpha value is -3.74. The predicted molar refractivity (Wildman–Crippen MR) is 155 cm³/mol. The highest BCUT2D eigenvalue weighted by Gasteiger charge is 2.27. The van der Waals surface area contributed by atoms with Crippen LogP contribution in [0.2, 0.25) is 0 Å². The van der Waals surface area contributed by atoms with Gasteiger partial charge in [0.1, 0.15) is 12.1 Å². The number of nitrogens with zero attached hydrogens (tertiary/aromatic N) is 1. The summed E-state index contributed by atoms with van der Waals surface area (Å²) in [5.41, 5.74) is 3.62. The molecule has 1 heterocycles. The molecule has 4 amide bonds. The van der Waals surface area contributed by atoms with Crippen LogP contribution in [0.1, 0.15) is 32.3 Å². The summed E-state index contributed by atoms with van der Waals surface area (Å²) < 4.78 is 30.6. The molecule has 2 aromatic rings. The molecule has 0 saturated carbocycles. The highest BCUT2D eigenvalue weighted by atomic mass is 32.2. The van der Waals surface area contributed by atoms with Crippen molar-refractivity contribution >= 4 is 27.7 Å². The van der Waals surface area contributed by atoms with E-state index in [9.17, 15) is 22.8 Å². The number of rotatable bonds is 13. The number of nitrogens with one attached hydrogen (secondary N) is 4. The smallest absolute Gasteiger partial charge is 0.336 e. The fraction of sp³-hybridized carbons (Fsp3) is 0.414. The number of hydrogen-bond donors (Lipinski definition) is 4. The van der Waals surface area contributed by atoms with Crippen LogP contribution < -0.4 is 21.4 Å². The summed E-state index contributed by atoms with van der Waals surface area (Å²) in [5.74, 6) is -1.08. The minimum atomic E-state index is -3.72. The third kappa shape index (κ3) is 11.0. The summed E-state index contributed by atoms with van der Waals surface area (Å²) in [6.45, 7) is 5.74. The standard InChI is InChI=1S/C29H39N5O6S/c1-22(2)21-26(28(36)32-29(37)33-34-16-18-40-19-17-34)31-27(35)25(14-13-23-9-5-3-6-10-23)30-15-20-41(38,39)24-11-7-4-8-12-24/h3-12,15,20,22,25-26,30H,13-14,16-19,21H2,1-2H3,(H,31,35)(H2,32,33,36,37)/b20-15+/t25-,26-/m0/s1. The van der Waals surface area contributed by atoms with Crippen LogP contribution in [0, 0.1) is 5.92 Å². The zero-order chi connectivity index (χ0) is 29.7. The fourth-order valence-corrected chi connectivity index (χ4v) is 5.15. The van der Waals surface area contributed by atoms with Gasteiger partial charge in [-0.15, -0.1) is 0 Å². The van der Waals surface area contributed by atoms with Crippen molar-refractivity contribution in [3.05, 3.63) is 77.8 Å². The van der Waals surface area contributed by atoms with Crippen molar-refractivity contribution in [1.29, 1.82) is 0 Å². The van der Waals surface area contributed by atoms with Gasteiger partial charge in [0.15, 0.2) is 0 Å². The molecule has 2 aromatic carbocycles. The Morgan fingerprint density at radius 1 is 0.927 bits per heavy atom. The molecule has 1 saturated heterocycles. The average Bonchev–Trinajstić information content (AvgIpc) is 2.95. The number of urea groups is 1. The van der Waals surface area contributed by atoms with E-state index in [4.69, 9.17) is 4.74 Å². The summed E-state index contributed by atoms with van der Waals surface area (Å²) in [5, 5.41) is 10.7. The molecule has 3 rings (SSSR count). The number of morpholine rings is 1. The number of sulfone groups is 1. The largest absolute Gasteiger partial charge is 0.379 e. The Morgan fingerprint density at radius 2 is 1.56 bits per heavy atom. The molecule has 1 fully saturated rings. The second-order valence-electron chi connectivity index (χ2n) is 10.1. The van der Waals surface area contributed by atoms with Gasteiger partial charge >= 0.3 is 6.03 Å². The van der Waals surface area contributed by atoms with E-state index in [2.05, 4.69) is 21.4 Å². The molecule has 41 heavy (non-hydrogen) atoms. The molecular weight excluding hydrogens is 546 g/mol. The number of hydrazine groups is 1. The van der Waals surface area contributed by atoms with Crippen LogP contribution in [0.3, 0.4) is 0 Å². The van der Waals surface area contributed by atoms with Crippen molar-refractivity contribution in [1.82, 2.24) is 26.4 Å². The first-order chi connectivity index (χ1) is 19.6. The summed E-state index contributed by atoms with van der Waals surface area (Å²) in [6.07, 6.45) is 2.41. The number of benzene rings is 2. The summed E-state index contributed by atoms with van der Waals surface area (Å²) >= 11 is 0. The van der Waals surface area contributed by atoms with Gasteiger partial charge in [0.25, 0.3) is 5.91 Å². The monoisotopic (exact) mass is 585 g/mol. The number of carbonyl (C=O) groups excluding carboxylic acids is 3. The quantitative estimate of drug-likeness (QED) is 0.280. The van der Waals surface area contributed by atoms with Crippen molar-refractivity contribution < 1.29 is 27.5 Å². The van der Waals surface area contributed by atoms with E-state index in [1.807, 2.05) is 44.2 Å². The van der Waals surface area contributed by atoms with Crippen molar-refractivity contribution in [3.63, 3.8) is 0 Å². The molecule has 12 heteroatoms. The number of aryl methyl sites for hydroxylation is 1. The lowest BCUT2D eigenvalue weighted by Gasteiger charge is -2.27. The van der Waals surface area contributed by atoms with Crippen LogP contribution >= 0.6 is 0 Å². The Morgan fingerprint density at radius 3 is 2.20 bits per heavy atom. The molecule has 0 aliphatic carbocycles. The average molecular weight is 586 g/mol. The normalized spacial score (nSPS) is 15.7. The second kappa shape index (κ2) is 15.9. The van der Waals surface area contributed by atoms with E-state index in [1.54, 1.807) is 23.2 Å². The SMILES string of the molecule is CC(C)C[C@H](NC(=O)[C@H](CCc1ccccc1)N/C=C/S(=O)(=O)c1ccccc1)C(=O)NC(=O)NN1CCOCC1. The zero-order valence-corrected chi connectivity index (χ0v) is 24.2. The van der Waals surface area contributed by atoms with Crippen LogP contribution in [0.5, 0.6) is 0 Å². The highest BCUT2D eigenvalue weighted by molar-refractivity contribution is 7.94. The van der Waals surface area contributed by atoms with E-state index in [0.717, 1.165) is 11.0 Å². The van der Waals surface area contributed by atoms with E-state index in [1.165, 1.54) is 18.3 Å². The lowest BCUT2D eigenvalue weighted by Crippen LogP contribution is -2.57. The predicted octanol–water partition coefficient (Wildman–Crippen LogP) is 2.13. The van der Waals surface area contributed by atoms with Crippen LogP contribution in [0.15, 0.2) is 77.2 Å². The molecule has 11 nitrogen and oxygen atoms in total. The molecule has 2 atom stereocenters. The summed E-state index contributed by atoms with van der Waals surface area (Å²) in [7, 11) is -3.72. The van der Waals surface area contributed by atoms with Gasteiger partial charge in [-0.2, -0.15) is 0 Å². The zero-order valence-electron chi connectivity index (χ0n) is 23.4. The number of ether oxygens (including phenoxy) is 1. The molecule has 1 aliphatic heterocycles. The van der Waals surface area contributed by atoms with Gasteiger partial charge in [-0.05, 0) is 42.9 Å². The third-order valence-electron chi connectivity index (χ3n) is 6.34. The fourth-order valence-electron chi connectivity index (χ4n) is 4.20. The lowest BCUT2D eigenvalue weighted by molar-refractivity contribution is -0.129. The molecular formula is C29H39N5O6S. The van der Waals surface area contributed by atoms with E-state index < -0.39 is 39.8 Å². The van der Waals surface area contributed by atoms with Crippen molar-refractivity contribution in [3.8, 4) is 0 Å². The van der Waals surface area contributed by atoms with Crippen LogP contribution in [0.25, 0.3) is 0 Å². The highest BCUT2D eigenvalue weighted by Crippen LogP contribution is 2.12. The first-order valence-corrected chi connectivity index (χ1v) is 15.2. The Labute approximate surface area is 241 Å². The Balaban J connectivity index is 1.69. The summed E-state index contributed by atoms with van der Waals surface area (Å²) in [4.78, 5) is 39.0. The third-order valence-corrected chi connectivity index (χ3v) is 7.77. The van der Waals surface area contributed by atoms with Crippen LogP contribution in [0.4, 0.5) is 4.79 Å². The van der Waals surface area contributed by atoms with Crippen molar-refractivity contribution in [2.45, 2.75) is 50.1 Å². The molecule has 0 unspecified atom stereocenters. The van der Waals surface area contributed by atoms with Gasteiger partial charge in [0.2, 0.25) is 15.7 Å². The minimum absolute atomic E-state index is 0.0417.